The van der Waals surface area contributed by atoms with Crippen molar-refractivity contribution in [2.45, 2.75) is 6.18 Å². The van der Waals surface area contributed by atoms with Crippen molar-refractivity contribution in [1.82, 2.24) is 4.98 Å². The zero-order chi connectivity index (χ0) is 11.6. The lowest BCUT2D eigenvalue weighted by atomic mass is 10.2. The van der Waals surface area contributed by atoms with Crippen LogP contribution < -0.4 is 4.90 Å². The molecule has 0 fully saturated rings. The molecule has 0 aliphatic heterocycles. The van der Waals surface area contributed by atoms with Crippen LogP contribution in [0.25, 0.3) is 0 Å². The Balaban J connectivity index is 3.34. The minimum absolute atomic E-state index is 0.307. The van der Waals surface area contributed by atoms with Gasteiger partial charge in [0.25, 0.3) is 0 Å². The molecule has 0 N–H and O–H groups in total. The van der Waals surface area contributed by atoms with Gasteiger partial charge in [-0.3, -0.25) is 0 Å². The second-order valence-corrected chi connectivity index (χ2v) is 3.09. The molecule has 0 amide bonds. The van der Waals surface area contributed by atoms with E-state index in [1.165, 1.54) is 17.2 Å². The minimum Gasteiger partial charge on any atom is -0.376 e. The number of nitrogens with zero attached hydrogens (tertiary/aromatic N) is 3. The number of anilines is 1. The normalized spacial score (nSPS) is 10.9. The van der Waals surface area contributed by atoms with Gasteiger partial charge in [0.1, 0.15) is 6.07 Å². The Hall–Kier alpha value is -1.77. The van der Waals surface area contributed by atoms with E-state index < -0.39 is 17.4 Å². The summed E-state index contributed by atoms with van der Waals surface area (Å²) in [5, 5.41) is 8.49. The van der Waals surface area contributed by atoms with E-state index in [4.69, 9.17) is 5.26 Å². The van der Waals surface area contributed by atoms with Crippen molar-refractivity contribution in [2.24, 2.45) is 0 Å². The molecule has 15 heavy (non-hydrogen) atoms. The average molecular weight is 215 g/mol. The van der Waals surface area contributed by atoms with Crippen molar-refractivity contribution >= 4 is 5.69 Å². The predicted octanol–water partition coefficient (Wildman–Crippen LogP) is 2.04. The predicted molar refractivity (Wildman–Crippen MR) is 48.3 cm³/mol. The molecule has 0 saturated carbocycles. The lowest BCUT2D eigenvalue weighted by Crippen LogP contribution is -2.14. The molecule has 0 atom stereocenters. The summed E-state index contributed by atoms with van der Waals surface area (Å²) in [4.78, 5) is 4.95. The van der Waals surface area contributed by atoms with Crippen LogP contribution in [-0.4, -0.2) is 19.1 Å². The molecule has 0 aromatic carbocycles. The molecule has 0 bridgehead atoms. The van der Waals surface area contributed by atoms with Gasteiger partial charge in [-0.15, -0.1) is 0 Å². The van der Waals surface area contributed by atoms with Gasteiger partial charge in [-0.05, 0) is 6.07 Å². The lowest BCUT2D eigenvalue weighted by Gasteiger charge is -2.15. The maximum Gasteiger partial charge on any atom is 0.419 e. The molecular weight excluding hydrogens is 207 g/mol. The Bertz CT molecular complexity index is 404. The van der Waals surface area contributed by atoms with E-state index in [1.807, 2.05) is 0 Å². The smallest absolute Gasteiger partial charge is 0.376 e. The molecule has 0 aliphatic carbocycles. The van der Waals surface area contributed by atoms with Crippen molar-refractivity contribution in [3.63, 3.8) is 0 Å². The fourth-order valence-corrected chi connectivity index (χ4v) is 1.00. The van der Waals surface area contributed by atoms with E-state index in [2.05, 4.69) is 4.98 Å². The summed E-state index contributed by atoms with van der Waals surface area (Å²) in [5.74, 6) is 0. The number of rotatable bonds is 1. The molecule has 1 rings (SSSR count). The Morgan fingerprint density at radius 2 is 2.00 bits per heavy atom. The standard InChI is InChI=1S/C9H8F3N3/c1-15(2)6-3-7(9(10,11)12)8(4-13)14-5-6/h3,5H,1-2H3. The van der Waals surface area contributed by atoms with Gasteiger partial charge in [-0.1, -0.05) is 0 Å². The first-order valence-electron chi connectivity index (χ1n) is 4.01. The highest BCUT2D eigenvalue weighted by atomic mass is 19.4. The average Bonchev–Trinajstić information content (AvgIpc) is 2.15. The molecule has 1 heterocycles. The number of alkyl halides is 3. The third kappa shape index (κ3) is 2.37. The highest BCUT2D eigenvalue weighted by Crippen LogP contribution is 2.32. The van der Waals surface area contributed by atoms with Crippen LogP contribution in [0.5, 0.6) is 0 Å². The van der Waals surface area contributed by atoms with E-state index in [0.29, 0.717) is 5.69 Å². The van der Waals surface area contributed by atoms with Crippen molar-refractivity contribution in [3.05, 3.63) is 23.5 Å². The number of halogens is 3. The molecule has 0 unspecified atom stereocenters. The number of pyridine rings is 1. The first-order valence-corrected chi connectivity index (χ1v) is 4.01. The largest absolute Gasteiger partial charge is 0.419 e. The van der Waals surface area contributed by atoms with Gasteiger partial charge in [-0.25, -0.2) is 4.98 Å². The summed E-state index contributed by atoms with van der Waals surface area (Å²) in [6, 6.07) is 2.33. The van der Waals surface area contributed by atoms with E-state index >= 15 is 0 Å². The molecule has 3 nitrogen and oxygen atoms in total. The first kappa shape index (κ1) is 11.3. The maximum atomic E-state index is 12.5. The molecule has 0 radical (unpaired) electrons. The van der Waals surface area contributed by atoms with E-state index in [1.54, 1.807) is 14.1 Å². The second kappa shape index (κ2) is 3.77. The minimum atomic E-state index is -4.55. The topological polar surface area (TPSA) is 39.9 Å². The van der Waals surface area contributed by atoms with Crippen LogP contribution in [-0.2, 0) is 6.18 Å². The zero-order valence-corrected chi connectivity index (χ0v) is 8.13. The van der Waals surface area contributed by atoms with Gasteiger partial charge in [0.2, 0.25) is 0 Å². The van der Waals surface area contributed by atoms with E-state index in [0.717, 1.165) is 6.07 Å². The Kier molecular flexibility index (Phi) is 2.84. The van der Waals surface area contributed by atoms with Gasteiger partial charge in [0.05, 0.1) is 17.4 Å². The third-order valence-electron chi connectivity index (χ3n) is 1.80. The summed E-state index contributed by atoms with van der Waals surface area (Å²) in [7, 11) is 3.20. The fraction of sp³-hybridized carbons (Fsp3) is 0.333. The summed E-state index contributed by atoms with van der Waals surface area (Å²) >= 11 is 0. The van der Waals surface area contributed by atoms with Crippen LogP contribution in [0, 0.1) is 11.3 Å². The summed E-state index contributed by atoms with van der Waals surface area (Å²) in [6.45, 7) is 0. The van der Waals surface area contributed by atoms with Gasteiger partial charge in [0, 0.05) is 14.1 Å². The molecule has 0 saturated heterocycles. The van der Waals surface area contributed by atoms with Crippen molar-refractivity contribution in [1.29, 1.82) is 5.26 Å². The molecule has 1 aromatic rings. The number of hydrogen-bond acceptors (Lipinski definition) is 3. The molecule has 80 valence electrons. The summed E-state index contributed by atoms with van der Waals surface area (Å²) in [5.41, 5.74) is -1.30. The third-order valence-corrected chi connectivity index (χ3v) is 1.80. The van der Waals surface area contributed by atoms with Crippen LogP contribution >= 0.6 is 0 Å². The number of aromatic nitrogens is 1. The number of hydrogen-bond donors (Lipinski definition) is 0. The van der Waals surface area contributed by atoms with E-state index in [-0.39, 0.29) is 0 Å². The van der Waals surface area contributed by atoms with Crippen molar-refractivity contribution in [3.8, 4) is 6.07 Å². The van der Waals surface area contributed by atoms with E-state index in [9.17, 15) is 13.2 Å². The Morgan fingerprint density at radius 1 is 1.40 bits per heavy atom. The zero-order valence-electron chi connectivity index (χ0n) is 8.13. The summed E-state index contributed by atoms with van der Waals surface area (Å²) < 4.78 is 37.4. The SMILES string of the molecule is CN(C)c1cnc(C#N)c(C(F)(F)F)c1. The van der Waals surface area contributed by atoms with Gasteiger partial charge >= 0.3 is 6.18 Å². The molecule has 6 heteroatoms. The lowest BCUT2D eigenvalue weighted by molar-refractivity contribution is -0.138. The van der Waals surface area contributed by atoms with Crippen molar-refractivity contribution in [2.75, 3.05) is 19.0 Å². The molecule has 0 aliphatic rings. The Labute approximate surface area is 84.8 Å². The van der Waals surface area contributed by atoms with Crippen LogP contribution in [0.2, 0.25) is 0 Å². The highest BCUT2D eigenvalue weighted by Gasteiger charge is 2.34. The van der Waals surface area contributed by atoms with Crippen molar-refractivity contribution < 1.29 is 13.2 Å². The highest BCUT2D eigenvalue weighted by molar-refractivity contribution is 5.49. The second-order valence-electron chi connectivity index (χ2n) is 3.09. The van der Waals surface area contributed by atoms with Crippen LogP contribution in [0.3, 0.4) is 0 Å². The number of nitriles is 1. The van der Waals surface area contributed by atoms with Gasteiger partial charge < -0.3 is 4.90 Å². The molecular formula is C9H8F3N3. The summed E-state index contributed by atoms with van der Waals surface area (Å²) in [6.07, 6.45) is -3.32. The van der Waals surface area contributed by atoms with Gasteiger partial charge in [0.15, 0.2) is 5.69 Å². The van der Waals surface area contributed by atoms with Crippen LogP contribution in [0.4, 0.5) is 18.9 Å². The first-order chi connectivity index (χ1) is 6.86. The maximum absolute atomic E-state index is 12.5. The monoisotopic (exact) mass is 215 g/mol. The molecule has 1 aromatic heterocycles. The fourth-order valence-electron chi connectivity index (χ4n) is 1.00. The molecule has 0 spiro atoms. The Morgan fingerprint density at radius 3 is 2.40 bits per heavy atom. The van der Waals surface area contributed by atoms with Crippen LogP contribution in [0.1, 0.15) is 11.3 Å². The van der Waals surface area contributed by atoms with Gasteiger partial charge in [-0.2, -0.15) is 18.4 Å². The quantitative estimate of drug-likeness (QED) is 0.719. The van der Waals surface area contributed by atoms with Crippen LogP contribution in [0.15, 0.2) is 12.3 Å².